The van der Waals surface area contributed by atoms with E-state index >= 15 is 0 Å². The second kappa shape index (κ2) is 17.9. The number of alkyl halides is 9. The molecule has 18 heteroatoms. The maximum Gasteiger partial charge on any atom is 0.435 e. The number of hydrogen-bond acceptors (Lipinski definition) is 8. The number of hydrogen-bond donors (Lipinski definition) is 1. The van der Waals surface area contributed by atoms with Crippen molar-refractivity contribution in [1.29, 1.82) is 0 Å². The molecule has 1 aromatic carbocycles. The van der Waals surface area contributed by atoms with Crippen LogP contribution >= 0.6 is 21.6 Å². The quantitative estimate of drug-likeness (QED) is 0.101. The Morgan fingerprint density at radius 2 is 1.67 bits per heavy atom. The molecule has 1 saturated heterocycles. The number of benzene rings is 1. The van der Waals surface area contributed by atoms with Crippen molar-refractivity contribution in [3.8, 4) is 5.75 Å². The molecule has 1 N–H and O–H groups in total. The third kappa shape index (κ3) is 9.40. The van der Waals surface area contributed by atoms with Crippen molar-refractivity contribution < 1.29 is 63.3 Å². The van der Waals surface area contributed by atoms with Crippen LogP contribution in [-0.4, -0.2) is 112 Å². The molecule has 1 amide bonds. The minimum Gasteiger partial charge on any atom is -0.492 e. The van der Waals surface area contributed by atoms with Gasteiger partial charge in [-0.15, -0.1) is 0 Å². The molecule has 5 rings (SSSR count). The van der Waals surface area contributed by atoms with Crippen molar-refractivity contribution in [2.75, 3.05) is 64.7 Å². The highest BCUT2D eigenvalue weighted by molar-refractivity contribution is 8.76. The standard InChI is InChI=1S/C36H49F9N2O5S2/c1-32-12-10-27-26-7-5-25(50-18-14-47(24-11-19-53-54-22-24)21-31(48)46-13-17-49-2)20-23(26)4-6-28(27)29(32)8-9-30(32)51-15-3-16-52-33(34(37,38)39,35(40,41)42)36(43,44)45/h5,7,20,24,27-30H,3-4,6,8-19,21-22H2,1-2H3,(H,46,48)/t24-,27+,28+,29-,30-,32-/m0/s1. The Morgan fingerprint density at radius 1 is 0.926 bits per heavy atom. The van der Waals surface area contributed by atoms with E-state index in [1.807, 2.05) is 27.7 Å². The van der Waals surface area contributed by atoms with E-state index in [4.69, 9.17) is 14.2 Å². The molecule has 4 aliphatic rings. The second-order valence-electron chi connectivity index (χ2n) is 14.8. The summed E-state index contributed by atoms with van der Waals surface area (Å²) in [5.41, 5.74) is -4.02. The molecule has 3 fully saturated rings. The van der Waals surface area contributed by atoms with Gasteiger partial charge in [-0.25, -0.2) is 0 Å². The Balaban J connectivity index is 1.13. The normalized spacial score (nSPS) is 27.7. The molecule has 0 radical (unpaired) electrons. The lowest BCUT2D eigenvalue weighted by Gasteiger charge is -2.50. The zero-order valence-electron chi connectivity index (χ0n) is 30.3. The Labute approximate surface area is 317 Å². The van der Waals surface area contributed by atoms with Gasteiger partial charge in [-0.1, -0.05) is 34.6 Å². The first-order valence-electron chi connectivity index (χ1n) is 18.4. The van der Waals surface area contributed by atoms with Crippen LogP contribution in [0, 0.1) is 17.3 Å². The third-order valence-corrected chi connectivity index (χ3v) is 14.2. The fourth-order valence-corrected chi connectivity index (χ4v) is 11.6. The number of halogens is 9. The van der Waals surface area contributed by atoms with Gasteiger partial charge < -0.3 is 24.3 Å². The van der Waals surface area contributed by atoms with Gasteiger partial charge in [0.15, 0.2) is 0 Å². The predicted molar refractivity (Wildman–Crippen MR) is 188 cm³/mol. The minimum atomic E-state index is -6.75. The SMILES string of the molecule is COCCNC(=O)CN(CCOc1ccc2c(c1)CC[C@@H]1[C@@H]2CC[C@]2(C)[C@@H](OCCCOC(C(F)(F)F)(C(F)(F)F)C(F)(F)F)CC[C@@H]12)[C@H]1CCSSC1. The Hall–Kier alpha value is -1.60. The van der Waals surface area contributed by atoms with Gasteiger partial charge in [0.25, 0.3) is 0 Å². The van der Waals surface area contributed by atoms with Crippen molar-refractivity contribution in [2.24, 2.45) is 17.3 Å². The van der Waals surface area contributed by atoms with Gasteiger partial charge in [0, 0.05) is 44.4 Å². The fourth-order valence-electron chi connectivity index (χ4n) is 9.06. The maximum atomic E-state index is 13.2. The average molecular weight is 825 g/mol. The summed E-state index contributed by atoms with van der Waals surface area (Å²) in [5, 5.41) is 2.90. The van der Waals surface area contributed by atoms with Gasteiger partial charge >= 0.3 is 24.1 Å². The van der Waals surface area contributed by atoms with Crippen LogP contribution in [0.1, 0.15) is 68.9 Å². The first kappa shape index (κ1) is 43.5. The number of methoxy groups -OCH3 is 1. The number of carbonyl (C=O) groups excluding carboxylic acids is 1. The number of amides is 1. The zero-order chi connectivity index (χ0) is 39.4. The summed E-state index contributed by atoms with van der Waals surface area (Å²) in [7, 11) is 5.27. The summed E-state index contributed by atoms with van der Waals surface area (Å²) in [6.07, 6.45) is -15.2. The Morgan fingerprint density at radius 3 is 2.33 bits per heavy atom. The molecular formula is C36H49F9N2O5S2. The first-order chi connectivity index (χ1) is 25.4. The second-order valence-corrected chi connectivity index (χ2v) is 17.5. The van der Waals surface area contributed by atoms with Gasteiger partial charge in [0.05, 0.1) is 25.9 Å². The maximum absolute atomic E-state index is 13.2. The van der Waals surface area contributed by atoms with Crippen molar-refractivity contribution in [1.82, 2.24) is 10.2 Å². The van der Waals surface area contributed by atoms with Crippen molar-refractivity contribution >= 4 is 27.5 Å². The summed E-state index contributed by atoms with van der Waals surface area (Å²) in [6, 6.07) is 6.55. The van der Waals surface area contributed by atoms with Crippen LogP contribution in [0.2, 0.25) is 0 Å². The molecule has 0 unspecified atom stereocenters. The number of aryl methyl sites for hydroxylation is 1. The molecule has 1 heterocycles. The lowest BCUT2D eigenvalue weighted by atomic mass is 9.55. The van der Waals surface area contributed by atoms with E-state index in [1.165, 1.54) is 11.1 Å². The molecule has 2 saturated carbocycles. The topological polar surface area (TPSA) is 69.3 Å². The largest absolute Gasteiger partial charge is 0.492 e. The van der Waals surface area contributed by atoms with E-state index < -0.39 is 37.2 Å². The van der Waals surface area contributed by atoms with Gasteiger partial charge in [-0.05, 0) is 97.8 Å². The van der Waals surface area contributed by atoms with Gasteiger partial charge in [-0.2, -0.15) is 39.5 Å². The molecule has 308 valence electrons. The first-order valence-corrected chi connectivity index (χ1v) is 20.9. The van der Waals surface area contributed by atoms with Gasteiger partial charge in [-0.3, -0.25) is 9.69 Å². The van der Waals surface area contributed by atoms with Crippen LogP contribution in [0.5, 0.6) is 5.75 Å². The summed E-state index contributed by atoms with van der Waals surface area (Å²) in [6.45, 7) is 2.61. The van der Waals surface area contributed by atoms with Crippen molar-refractivity contribution in [3.05, 3.63) is 29.3 Å². The van der Waals surface area contributed by atoms with E-state index in [0.717, 1.165) is 55.8 Å². The van der Waals surface area contributed by atoms with E-state index in [-0.39, 0.29) is 30.0 Å². The molecule has 54 heavy (non-hydrogen) atoms. The molecule has 0 aromatic heterocycles. The predicted octanol–water partition coefficient (Wildman–Crippen LogP) is 8.36. The molecule has 0 spiro atoms. The summed E-state index contributed by atoms with van der Waals surface area (Å²) < 4.78 is 140. The number of carbonyl (C=O) groups is 1. The third-order valence-electron chi connectivity index (χ3n) is 11.8. The summed E-state index contributed by atoms with van der Waals surface area (Å²) in [5.74, 6) is 3.68. The number of nitrogens with zero attached hydrogens (tertiary/aromatic N) is 1. The molecule has 1 aromatic rings. The molecule has 0 bridgehead atoms. The van der Waals surface area contributed by atoms with Crippen LogP contribution in [0.4, 0.5) is 39.5 Å². The highest BCUT2D eigenvalue weighted by Crippen LogP contribution is 2.62. The van der Waals surface area contributed by atoms with Crippen molar-refractivity contribution in [3.63, 3.8) is 0 Å². The van der Waals surface area contributed by atoms with Crippen LogP contribution < -0.4 is 10.1 Å². The van der Waals surface area contributed by atoms with E-state index in [0.29, 0.717) is 57.1 Å². The number of ether oxygens (including phenoxy) is 4. The van der Waals surface area contributed by atoms with Crippen molar-refractivity contribution in [2.45, 2.75) is 100 Å². The molecule has 7 nitrogen and oxygen atoms in total. The Bertz CT molecular complexity index is 1360. The van der Waals surface area contributed by atoms with E-state index in [1.54, 1.807) is 7.11 Å². The molecule has 6 atom stereocenters. The van der Waals surface area contributed by atoms with Crippen LogP contribution in [-0.2, 0) is 25.4 Å². The number of fused-ring (bicyclic) bond motifs is 5. The zero-order valence-corrected chi connectivity index (χ0v) is 32.0. The van der Waals surface area contributed by atoms with Gasteiger partial charge in [0.1, 0.15) is 12.4 Å². The van der Waals surface area contributed by atoms with Gasteiger partial charge in [0.2, 0.25) is 5.91 Å². The molecule has 3 aliphatic carbocycles. The Kier molecular flexibility index (Phi) is 14.4. The monoisotopic (exact) mass is 824 g/mol. The highest BCUT2D eigenvalue weighted by atomic mass is 33.1. The fraction of sp³-hybridized carbons (Fsp3) is 0.806. The molecule has 1 aliphatic heterocycles. The van der Waals surface area contributed by atoms with Crippen LogP contribution in [0.3, 0.4) is 0 Å². The summed E-state index contributed by atoms with van der Waals surface area (Å²) >= 11 is 0. The smallest absolute Gasteiger partial charge is 0.435 e. The van der Waals surface area contributed by atoms with Crippen LogP contribution in [0.25, 0.3) is 0 Å². The van der Waals surface area contributed by atoms with Crippen LogP contribution in [0.15, 0.2) is 18.2 Å². The lowest BCUT2D eigenvalue weighted by molar-refractivity contribution is -0.457. The number of rotatable bonds is 16. The van der Waals surface area contributed by atoms with E-state index in [9.17, 15) is 44.3 Å². The summed E-state index contributed by atoms with van der Waals surface area (Å²) in [4.78, 5) is 14.8. The molecular weight excluding hydrogens is 776 g/mol. The lowest BCUT2D eigenvalue weighted by Crippen LogP contribution is -2.67. The number of nitrogens with one attached hydrogen (secondary N) is 1. The minimum absolute atomic E-state index is 0.0401. The average Bonchev–Trinajstić information content (AvgIpc) is 3.43. The van der Waals surface area contributed by atoms with E-state index in [2.05, 4.69) is 34.0 Å². The highest BCUT2D eigenvalue weighted by Gasteiger charge is 2.85.